The Kier molecular flexibility index (Phi) is 3.06. The molecule has 0 amide bonds. The second kappa shape index (κ2) is 4.96. The normalized spacial score (nSPS) is 16.1. The quantitative estimate of drug-likeness (QED) is 0.623. The molecular formula is C20H14O5. The zero-order valence-electron chi connectivity index (χ0n) is 13.7. The lowest BCUT2D eigenvalue weighted by Crippen LogP contribution is -2.20. The standard InChI is InChI=1S/C20H14O5/c1-20(2,10-3-5-12-14(7-10)17(22)9-16(12)21)11-4-6-13-15(8-11)19(24)25-18(13)23/h3-8H,9H2,1-2H3. The fraction of sp³-hybridized carbons (Fsp3) is 0.200. The number of carbonyl (C=O) groups excluding carboxylic acids is 4. The lowest BCUT2D eigenvalue weighted by Gasteiger charge is -2.27. The van der Waals surface area contributed by atoms with E-state index in [0.29, 0.717) is 11.1 Å². The highest BCUT2D eigenvalue weighted by molar-refractivity contribution is 6.24. The highest BCUT2D eigenvalue weighted by Crippen LogP contribution is 2.36. The van der Waals surface area contributed by atoms with E-state index in [4.69, 9.17) is 0 Å². The molecule has 0 bridgehead atoms. The number of Topliss-reactive ketones (excluding diaryl/α,β-unsaturated/α-hetero) is 2. The van der Waals surface area contributed by atoms with E-state index in [9.17, 15) is 19.2 Å². The van der Waals surface area contributed by atoms with Crippen LogP contribution in [0, 0.1) is 0 Å². The molecule has 5 heteroatoms. The van der Waals surface area contributed by atoms with Gasteiger partial charge in [0.2, 0.25) is 0 Å². The number of ether oxygens (including phenoxy) is 1. The highest BCUT2D eigenvalue weighted by Gasteiger charge is 2.34. The smallest absolute Gasteiger partial charge is 0.346 e. The summed E-state index contributed by atoms with van der Waals surface area (Å²) in [4.78, 5) is 47.2. The molecule has 2 aromatic rings. The van der Waals surface area contributed by atoms with Gasteiger partial charge in [0.25, 0.3) is 0 Å². The molecule has 0 unspecified atom stereocenters. The predicted molar refractivity (Wildman–Crippen MR) is 88.0 cm³/mol. The number of benzene rings is 2. The van der Waals surface area contributed by atoms with Crippen LogP contribution in [0.4, 0.5) is 0 Å². The monoisotopic (exact) mass is 334 g/mol. The van der Waals surface area contributed by atoms with Gasteiger partial charge in [0.05, 0.1) is 17.5 Å². The summed E-state index contributed by atoms with van der Waals surface area (Å²) in [5.74, 6) is -1.60. The van der Waals surface area contributed by atoms with Crippen LogP contribution in [0.15, 0.2) is 36.4 Å². The number of esters is 2. The van der Waals surface area contributed by atoms with Gasteiger partial charge in [-0.15, -0.1) is 0 Å². The third-order valence-electron chi connectivity index (χ3n) is 5.03. The first-order chi connectivity index (χ1) is 11.8. The van der Waals surface area contributed by atoms with E-state index in [-0.39, 0.29) is 29.1 Å². The number of rotatable bonds is 2. The van der Waals surface area contributed by atoms with E-state index < -0.39 is 17.4 Å². The third-order valence-corrected chi connectivity index (χ3v) is 5.03. The van der Waals surface area contributed by atoms with Gasteiger partial charge in [-0.1, -0.05) is 32.0 Å². The maximum atomic E-state index is 12.0. The van der Waals surface area contributed by atoms with Crippen LogP contribution in [-0.4, -0.2) is 23.5 Å². The summed E-state index contributed by atoms with van der Waals surface area (Å²) in [5.41, 5.74) is 2.57. The first-order valence-corrected chi connectivity index (χ1v) is 7.91. The lowest BCUT2D eigenvalue weighted by molar-refractivity contribution is 0.0443. The van der Waals surface area contributed by atoms with Crippen LogP contribution >= 0.6 is 0 Å². The number of hydrogen-bond acceptors (Lipinski definition) is 5. The Balaban J connectivity index is 1.81. The molecule has 1 aliphatic carbocycles. The van der Waals surface area contributed by atoms with Crippen LogP contribution < -0.4 is 0 Å². The van der Waals surface area contributed by atoms with Crippen molar-refractivity contribution in [1.29, 1.82) is 0 Å². The first kappa shape index (κ1) is 15.4. The van der Waals surface area contributed by atoms with Crippen molar-refractivity contribution in [3.8, 4) is 0 Å². The predicted octanol–water partition coefficient (Wildman–Crippen LogP) is 3.09. The van der Waals surface area contributed by atoms with E-state index in [1.54, 1.807) is 30.3 Å². The molecule has 0 N–H and O–H groups in total. The maximum Gasteiger partial charge on any atom is 0.346 e. The van der Waals surface area contributed by atoms with E-state index in [2.05, 4.69) is 4.74 Å². The third kappa shape index (κ3) is 2.16. The largest absolute Gasteiger partial charge is 0.386 e. The van der Waals surface area contributed by atoms with Crippen LogP contribution in [0.2, 0.25) is 0 Å². The minimum absolute atomic E-state index is 0.0774. The minimum atomic E-state index is -0.646. The fourth-order valence-corrected chi connectivity index (χ4v) is 3.38. The number of ketones is 2. The molecule has 0 saturated heterocycles. The molecule has 0 aromatic heterocycles. The molecule has 124 valence electrons. The van der Waals surface area contributed by atoms with Gasteiger partial charge in [0.1, 0.15) is 0 Å². The molecule has 1 heterocycles. The van der Waals surface area contributed by atoms with Gasteiger partial charge in [0, 0.05) is 16.5 Å². The topological polar surface area (TPSA) is 77.5 Å². The molecule has 0 atom stereocenters. The molecular weight excluding hydrogens is 320 g/mol. The molecule has 25 heavy (non-hydrogen) atoms. The minimum Gasteiger partial charge on any atom is -0.386 e. The molecule has 1 aliphatic heterocycles. The van der Waals surface area contributed by atoms with Gasteiger partial charge < -0.3 is 4.74 Å². The van der Waals surface area contributed by atoms with E-state index in [1.165, 1.54) is 0 Å². The maximum absolute atomic E-state index is 12.0. The molecule has 2 aliphatic rings. The molecule has 0 fully saturated rings. The Bertz CT molecular complexity index is 918. The SMILES string of the molecule is CC(C)(c1ccc2c(c1)C(=O)CC2=O)c1ccc2c(c1)C(=O)OC2=O. The molecule has 0 spiro atoms. The zero-order chi connectivity index (χ0) is 17.9. The zero-order valence-corrected chi connectivity index (χ0v) is 13.7. The molecule has 0 saturated carbocycles. The Morgan fingerprint density at radius 1 is 0.720 bits per heavy atom. The Labute approximate surface area is 143 Å². The Hall–Kier alpha value is -3.08. The summed E-state index contributed by atoms with van der Waals surface area (Å²) >= 11 is 0. The lowest BCUT2D eigenvalue weighted by atomic mass is 9.76. The second-order valence-electron chi connectivity index (χ2n) is 6.85. The van der Waals surface area contributed by atoms with Crippen LogP contribution in [0.1, 0.15) is 72.8 Å². The Morgan fingerprint density at radius 2 is 1.24 bits per heavy atom. The fourth-order valence-electron chi connectivity index (χ4n) is 3.38. The van der Waals surface area contributed by atoms with E-state index in [0.717, 1.165) is 11.1 Å². The molecule has 5 nitrogen and oxygen atoms in total. The van der Waals surface area contributed by atoms with Crippen molar-refractivity contribution in [3.63, 3.8) is 0 Å². The van der Waals surface area contributed by atoms with Crippen LogP contribution in [0.5, 0.6) is 0 Å². The van der Waals surface area contributed by atoms with Crippen molar-refractivity contribution in [2.24, 2.45) is 0 Å². The average molecular weight is 334 g/mol. The van der Waals surface area contributed by atoms with E-state index in [1.807, 2.05) is 19.9 Å². The van der Waals surface area contributed by atoms with Crippen molar-refractivity contribution in [2.75, 3.05) is 0 Å². The summed E-state index contributed by atoms with van der Waals surface area (Å²) < 4.78 is 4.63. The second-order valence-corrected chi connectivity index (χ2v) is 6.85. The number of fused-ring (bicyclic) bond motifs is 2. The summed E-state index contributed by atoms with van der Waals surface area (Å²) in [5, 5.41) is 0. The van der Waals surface area contributed by atoms with Gasteiger partial charge in [-0.05, 0) is 29.3 Å². The van der Waals surface area contributed by atoms with Gasteiger partial charge in [-0.25, -0.2) is 9.59 Å². The van der Waals surface area contributed by atoms with Gasteiger partial charge in [0.15, 0.2) is 11.6 Å². The van der Waals surface area contributed by atoms with Crippen LogP contribution in [0.25, 0.3) is 0 Å². The highest BCUT2D eigenvalue weighted by atomic mass is 16.6. The first-order valence-electron chi connectivity index (χ1n) is 7.91. The van der Waals surface area contributed by atoms with E-state index >= 15 is 0 Å². The molecule has 0 radical (unpaired) electrons. The van der Waals surface area contributed by atoms with Crippen molar-refractivity contribution in [3.05, 3.63) is 69.8 Å². The summed E-state index contributed by atoms with van der Waals surface area (Å²) in [7, 11) is 0. The van der Waals surface area contributed by atoms with Crippen molar-refractivity contribution in [2.45, 2.75) is 25.7 Å². The molecule has 4 rings (SSSR count). The summed E-state index contributed by atoms with van der Waals surface area (Å²) in [6.45, 7) is 3.92. The van der Waals surface area contributed by atoms with Crippen molar-refractivity contribution in [1.82, 2.24) is 0 Å². The summed E-state index contributed by atoms with van der Waals surface area (Å²) in [6, 6.07) is 10.3. The van der Waals surface area contributed by atoms with Gasteiger partial charge in [-0.3, -0.25) is 9.59 Å². The average Bonchev–Trinajstić information content (AvgIpc) is 3.03. The van der Waals surface area contributed by atoms with Gasteiger partial charge in [-0.2, -0.15) is 0 Å². The van der Waals surface area contributed by atoms with Crippen molar-refractivity contribution >= 4 is 23.5 Å². The summed E-state index contributed by atoms with van der Waals surface area (Å²) in [6.07, 6.45) is -0.0774. The molecule has 2 aromatic carbocycles. The number of cyclic esters (lactones) is 2. The van der Waals surface area contributed by atoms with Crippen LogP contribution in [0.3, 0.4) is 0 Å². The number of hydrogen-bond donors (Lipinski definition) is 0. The Morgan fingerprint density at radius 3 is 1.92 bits per heavy atom. The van der Waals surface area contributed by atoms with Crippen molar-refractivity contribution < 1.29 is 23.9 Å². The van der Waals surface area contributed by atoms with Crippen LogP contribution in [-0.2, 0) is 10.2 Å². The number of carbonyl (C=O) groups is 4. The van der Waals surface area contributed by atoms with Gasteiger partial charge >= 0.3 is 11.9 Å².